The summed E-state index contributed by atoms with van der Waals surface area (Å²) in [7, 11) is 4.35. The molecule has 1 aliphatic heterocycles. The Morgan fingerprint density at radius 2 is 1.70 bits per heavy atom. The second-order valence-electron chi connectivity index (χ2n) is 9.85. The van der Waals surface area contributed by atoms with Crippen LogP contribution in [0.2, 0.25) is 0 Å². The lowest BCUT2D eigenvalue weighted by molar-refractivity contribution is -0.119. The van der Waals surface area contributed by atoms with Crippen LogP contribution in [0, 0.1) is 12.8 Å². The SMILES string of the molecule is CCN(C(=O)C1CC1)c1cc(-c2ccc(CN3CCC(N(C)C)CC3)cc2)cc(C=O)c1C. The van der Waals surface area contributed by atoms with Crippen molar-refractivity contribution in [3.8, 4) is 11.1 Å². The molecule has 4 rings (SSSR count). The van der Waals surface area contributed by atoms with E-state index in [-0.39, 0.29) is 11.8 Å². The lowest BCUT2D eigenvalue weighted by Gasteiger charge is -2.35. The first-order chi connectivity index (χ1) is 15.9. The summed E-state index contributed by atoms with van der Waals surface area (Å²) < 4.78 is 0. The van der Waals surface area contributed by atoms with Crippen molar-refractivity contribution in [3.63, 3.8) is 0 Å². The molecule has 1 heterocycles. The number of carbonyl (C=O) groups excluding carboxylic acids is 2. The molecule has 33 heavy (non-hydrogen) atoms. The highest BCUT2D eigenvalue weighted by molar-refractivity contribution is 5.99. The van der Waals surface area contributed by atoms with Gasteiger partial charge in [0.1, 0.15) is 6.29 Å². The molecule has 1 amide bonds. The molecular weight excluding hydrogens is 410 g/mol. The average molecular weight is 448 g/mol. The van der Waals surface area contributed by atoms with Crippen molar-refractivity contribution in [2.45, 2.75) is 52.1 Å². The Morgan fingerprint density at radius 3 is 2.24 bits per heavy atom. The van der Waals surface area contributed by atoms with E-state index in [0.717, 1.165) is 61.1 Å². The first-order valence-corrected chi connectivity index (χ1v) is 12.3. The van der Waals surface area contributed by atoms with Crippen molar-refractivity contribution in [3.05, 3.63) is 53.1 Å². The van der Waals surface area contributed by atoms with Crippen molar-refractivity contribution in [1.82, 2.24) is 9.80 Å². The number of likely N-dealkylation sites (tertiary alicyclic amines) is 1. The number of anilines is 1. The molecule has 2 aromatic carbocycles. The van der Waals surface area contributed by atoms with Crippen LogP contribution >= 0.6 is 0 Å². The van der Waals surface area contributed by atoms with E-state index in [9.17, 15) is 9.59 Å². The molecule has 1 saturated heterocycles. The first kappa shape index (κ1) is 23.7. The summed E-state index contributed by atoms with van der Waals surface area (Å²) in [4.78, 5) is 31.4. The Hall–Kier alpha value is -2.50. The normalized spacial score (nSPS) is 17.4. The van der Waals surface area contributed by atoms with Crippen molar-refractivity contribution in [2.75, 3.05) is 38.6 Å². The molecule has 2 fully saturated rings. The summed E-state index contributed by atoms with van der Waals surface area (Å²) in [6, 6.07) is 13.4. The predicted molar refractivity (Wildman–Crippen MR) is 135 cm³/mol. The Labute approximate surface area is 198 Å². The largest absolute Gasteiger partial charge is 0.312 e. The molecular formula is C28H37N3O2. The summed E-state index contributed by atoms with van der Waals surface area (Å²) >= 11 is 0. The molecule has 5 nitrogen and oxygen atoms in total. The molecule has 0 unspecified atom stereocenters. The maximum Gasteiger partial charge on any atom is 0.230 e. The van der Waals surface area contributed by atoms with E-state index < -0.39 is 0 Å². The minimum atomic E-state index is 0.148. The minimum Gasteiger partial charge on any atom is -0.312 e. The third kappa shape index (κ3) is 5.36. The van der Waals surface area contributed by atoms with Crippen LogP contribution in [0.1, 0.15) is 54.1 Å². The molecule has 1 saturated carbocycles. The summed E-state index contributed by atoms with van der Waals surface area (Å²) in [5.41, 5.74) is 5.76. The van der Waals surface area contributed by atoms with Crippen LogP contribution in [0.15, 0.2) is 36.4 Å². The van der Waals surface area contributed by atoms with Gasteiger partial charge in [0.25, 0.3) is 0 Å². The third-order valence-electron chi connectivity index (χ3n) is 7.33. The van der Waals surface area contributed by atoms with Gasteiger partial charge in [-0.25, -0.2) is 0 Å². The van der Waals surface area contributed by atoms with Crippen LogP contribution in [-0.2, 0) is 11.3 Å². The molecule has 0 bridgehead atoms. The Morgan fingerprint density at radius 1 is 1.03 bits per heavy atom. The molecule has 0 atom stereocenters. The van der Waals surface area contributed by atoms with Crippen LogP contribution in [0.5, 0.6) is 0 Å². The van der Waals surface area contributed by atoms with Gasteiger partial charge in [0.05, 0.1) is 0 Å². The van der Waals surface area contributed by atoms with Gasteiger partial charge in [-0.15, -0.1) is 0 Å². The van der Waals surface area contributed by atoms with E-state index in [1.54, 1.807) is 0 Å². The average Bonchev–Trinajstić information content (AvgIpc) is 3.67. The van der Waals surface area contributed by atoms with Crippen molar-refractivity contribution in [1.29, 1.82) is 0 Å². The fourth-order valence-electron chi connectivity index (χ4n) is 4.94. The monoisotopic (exact) mass is 447 g/mol. The molecule has 2 aliphatic rings. The van der Waals surface area contributed by atoms with Crippen LogP contribution in [0.4, 0.5) is 5.69 Å². The number of nitrogens with zero attached hydrogens (tertiary/aromatic N) is 3. The standard InChI is InChI=1S/C28H37N3O2/c1-5-31(28(33)23-10-11-23)27-17-24(16-25(19-32)20(27)2)22-8-6-21(7-9-22)18-30-14-12-26(13-15-30)29(3)4/h6-9,16-17,19,23,26H,5,10-15,18H2,1-4H3. The van der Waals surface area contributed by atoms with E-state index in [2.05, 4.69) is 54.2 Å². The van der Waals surface area contributed by atoms with E-state index in [1.807, 2.05) is 24.8 Å². The number of hydrogen-bond donors (Lipinski definition) is 0. The zero-order valence-corrected chi connectivity index (χ0v) is 20.5. The van der Waals surface area contributed by atoms with Gasteiger partial charge in [-0.3, -0.25) is 14.5 Å². The Kier molecular flexibility index (Phi) is 7.30. The zero-order chi connectivity index (χ0) is 23.5. The topological polar surface area (TPSA) is 43.9 Å². The number of piperidine rings is 1. The smallest absolute Gasteiger partial charge is 0.230 e. The molecule has 0 aromatic heterocycles. The first-order valence-electron chi connectivity index (χ1n) is 12.3. The molecule has 176 valence electrons. The van der Waals surface area contributed by atoms with Crippen LogP contribution in [0.25, 0.3) is 11.1 Å². The minimum absolute atomic E-state index is 0.148. The zero-order valence-electron chi connectivity index (χ0n) is 20.5. The highest BCUT2D eigenvalue weighted by Crippen LogP contribution is 2.36. The summed E-state index contributed by atoms with van der Waals surface area (Å²) in [6.45, 7) is 7.80. The molecule has 5 heteroatoms. The van der Waals surface area contributed by atoms with Crippen LogP contribution in [0.3, 0.4) is 0 Å². The highest BCUT2D eigenvalue weighted by atomic mass is 16.2. The third-order valence-corrected chi connectivity index (χ3v) is 7.33. The van der Waals surface area contributed by atoms with Gasteiger partial charge in [0.2, 0.25) is 5.91 Å². The Balaban J connectivity index is 1.52. The second-order valence-corrected chi connectivity index (χ2v) is 9.85. The number of aldehydes is 1. The number of benzene rings is 2. The van der Waals surface area contributed by atoms with Gasteiger partial charge in [0, 0.05) is 36.3 Å². The molecule has 1 aliphatic carbocycles. The maximum atomic E-state index is 12.9. The van der Waals surface area contributed by atoms with Gasteiger partial charge in [0.15, 0.2) is 0 Å². The highest BCUT2D eigenvalue weighted by Gasteiger charge is 2.34. The predicted octanol–water partition coefficient (Wildman–Crippen LogP) is 4.76. The van der Waals surface area contributed by atoms with Gasteiger partial charge in [-0.05, 0) is 101 Å². The van der Waals surface area contributed by atoms with Gasteiger partial charge < -0.3 is 9.80 Å². The van der Waals surface area contributed by atoms with E-state index >= 15 is 0 Å². The van der Waals surface area contributed by atoms with Crippen LogP contribution < -0.4 is 4.90 Å². The number of hydrogen-bond acceptors (Lipinski definition) is 4. The summed E-state index contributed by atoms with van der Waals surface area (Å²) in [5.74, 6) is 0.331. The molecule has 0 spiro atoms. The van der Waals surface area contributed by atoms with E-state index in [1.165, 1.54) is 18.4 Å². The Bertz CT molecular complexity index is 987. The second kappa shape index (κ2) is 10.2. The summed E-state index contributed by atoms with van der Waals surface area (Å²) in [6.07, 6.45) is 5.30. The van der Waals surface area contributed by atoms with Crippen molar-refractivity contribution in [2.24, 2.45) is 5.92 Å². The number of amides is 1. The fraction of sp³-hybridized carbons (Fsp3) is 0.500. The molecule has 0 radical (unpaired) electrons. The van der Waals surface area contributed by atoms with Crippen molar-refractivity contribution < 1.29 is 9.59 Å². The number of rotatable bonds is 8. The quantitative estimate of drug-likeness (QED) is 0.547. The fourth-order valence-corrected chi connectivity index (χ4v) is 4.94. The van der Waals surface area contributed by atoms with Gasteiger partial charge >= 0.3 is 0 Å². The van der Waals surface area contributed by atoms with Gasteiger partial charge in [-0.1, -0.05) is 24.3 Å². The molecule has 2 aromatic rings. The van der Waals surface area contributed by atoms with E-state index in [0.29, 0.717) is 18.2 Å². The van der Waals surface area contributed by atoms with E-state index in [4.69, 9.17) is 0 Å². The van der Waals surface area contributed by atoms with Crippen molar-refractivity contribution >= 4 is 17.9 Å². The van der Waals surface area contributed by atoms with Crippen LogP contribution in [-0.4, -0.2) is 61.8 Å². The lowest BCUT2D eigenvalue weighted by atomic mass is 9.96. The lowest BCUT2D eigenvalue weighted by Crippen LogP contribution is -2.41. The number of carbonyl (C=O) groups is 2. The van der Waals surface area contributed by atoms with Gasteiger partial charge in [-0.2, -0.15) is 0 Å². The maximum absolute atomic E-state index is 12.9. The summed E-state index contributed by atoms with van der Waals surface area (Å²) in [5, 5.41) is 0. The molecule has 0 N–H and O–H groups in total.